The summed E-state index contributed by atoms with van der Waals surface area (Å²) >= 11 is 13.0. The Labute approximate surface area is 227 Å². The van der Waals surface area contributed by atoms with E-state index in [2.05, 4.69) is 15.2 Å². The van der Waals surface area contributed by atoms with E-state index in [-0.39, 0.29) is 25.3 Å². The highest BCUT2D eigenvalue weighted by molar-refractivity contribution is 6.34. The van der Waals surface area contributed by atoms with Gasteiger partial charge in [-0.3, -0.25) is 9.59 Å². The Balaban J connectivity index is 1.29. The predicted octanol–water partition coefficient (Wildman–Crippen LogP) is 5.09. The van der Waals surface area contributed by atoms with Crippen LogP contribution >= 0.6 is 23.2 Å². The molecule has 7 nitrogen and oxygen atoms in total. The molecule has 1 aliphatic carbocycles. The normalized spacial score (nSPS) is 17.1. The first kappa shape index (κ1) is 26.6. The third kappa shape index (κ3) is 5.16. The van der Waals surface area contributed by atoms with E-state index in [1.807, 2.05) is 12.1 Å². The van der Waals surface area contributed by atoms with Crippen LogP contribution in [-0.4, -0.2) is 59.0 Å². The lowest BCUT2D eigenvalue weighted by Crippen LogP contribution is -2.48. The molecule has 5 rings (SSSR count). The summed E-state index contributed by atoms with van der Waals surface area (Å²) in [4.78, 5) is 35.7. The molecule has 38 heavy (non-hydrogen) atoms. The minimum atomic E-state index is -4.55. The second kappa shape index (κ2) is 9.96. The number of piperazine rings is 1. The Kier molecular flexibility index (Phi) is 6.98. The third-order valence-electron chi connectivity index (χ3n) is 7.31. The predicted molar refractivity (Wildman–Crippen MR) is 139 cm³/mol. The van der Waals surface area contributed by atoms with Crippen LogP contribution in [0.25, 0.3) is 11.0 Å². The molecule has 2 aromatic carbocycles. The van der Waals surface area contributed by atoms with Gasteiger partial charge in [0.1, 0.15) is 11.2 Å². The number of H-pyrrole nitrogens is 1. The van der Waals surface area contributed by atoms with Gasteiger partial charge < -0.3 is 20.1 Å². The van der Waals surface area contributed by atoms with Gasteiger partial charge in [-0.15, -0.1) is 0 Å². The van der Waals surface area contributed by atoms with E-state index in [0.29, 0.717) is 54.0 Å². The highest BCUT2D eigenvalue weighted by Crippen LogP contribution is 2.57. The van der Waals surface area contributed by atoms with Crippen LogP contribution in [0.1, 0.15) is 36.7 Å². The maximum Gasteiger partial charge on any atom is 0.403 e. The number of fused-ring (bicyclic) bond motifs is 1. The summed E-state index contributed by atoms with van der Waals surface area (Å²) in [5, 5.41) is 3.49. The fourth-order valence-corrected chi connectivity index (χ4v) is 5.30. The molecular formula is C26H26Cl2F3N5O2. The van der Waals surface area contributed by atoms with Crippen molar-refractivity contribution in [1.29, 1.82) is 0 Å². The summed E-state index contributed by atoms with van der Waals surface area (Å²) in [6.45, 7) is 4.13. The van der Waals surface area contributed by atoms with Crippen LogP contribution < -0.4 is 10.2 Å². The summed E-state index contributed by atoms with van der Waals surface area (Å²) in [5.41, 5.74) is 1.45. The van der Waals surface area contributed by atoms with E-state index in [1.54, 1.807) is 30.0 Å². The zero-order chi connectivity index (χ0) is 27.2. The number of imidazole rings is 1. The molecule has 1 aromatic heterocycles. The number of benzene rings is 2. The Bertz CT molecular complexity index is 1400. The monoisotopic (exact) mass is 567 g/mol. The molecule has 1 aliphatic heterocycles. The van der Waals surface area contributed by atoms with Crippen molar-refractivity contribution in [3.8, 4) is 0 Å². The SMILES string of the molecule is CC(=O)N1CCN(c2cc3nc(Cc4cc(CNC(=O)C5(C(F)(F)F)CC5)ccc4Cl)[nH]c3cc2Cl)CC1. The van der Waals surface area contributed by atoms with E-state index in [1.165, 1.54) is 0 Å². The zero-order valence-electron chi connectivity index (χ0n) is 20.6. The number of aromatic amines is 1. The minimum Gasteiger partial charge on any atom is -0.367 e. The molecule has 0 radical (unpaired) electrons. The molecule has 2 N–H and O–H groups in total. The number of rotatable bonds is 6. The summed E-state index contributed by atoms with van der Waals surface area (Å²) < 4.78 is 39.6. The number of aromatic nitrogens is 2. The molecule has 1 saturated heterocycles. The van der Waals surface area contributed by atoms with Crippen molar-refractivity contribution in [1.82, 2.24) is 20.2 Å². The van der Waals surface area contributed by atoms with Gasteiger partial charge in [-0.25, -0.2) is 4.98 Å². The van der Waals surface area contributed by atoms with Crippen LogP contribution in [0.3, 0.4) is 0 Å². The molecule has 0 atom stereocenters. The second-order valence-electron chi connectivity index (χ2n) is 9.86. The van der Waals surface area contributed by atoms with E-state index in [9.17, 15) is 22.8 Å². The number of alkyl halides is 3. The Morgan fingerprint density at radius 3 is 2.42 bits per heavy atom. The van der Waals surface area contributed by atoms with E-state index in [4.69, 9.17) is 28.2 Å². The lowest BCUT2D eigenvalue weighted by molar-refractivity contribution is -0.192. The summed E-state index contributed by atoms with van der Waals surface area (Å²) in [6, 6.07) is 8.84. The highest BCUT2D eigenvalue weighted by Gasteiger charge is 2.68. The summed E-state index contributed by atoms with van der Waals surface area (Å²) in [5.74, 6) is -0.290. The number of carbonyl (C=O) groups is 2. The van der Waals surface area contributed by atoms with Gasteiger partial charge in [0.2, 0.25) is 11.8 Å². The van der Waals surface area contributed by atoms with Gasteiger partial charge in [0.15, 0.2) is 0 Å². The molecule has 2 heterocycles. The molecule has 2 aliphatic rings. The maximum atomic E-state index is 13.2. The molecule has 2 amide bonds. The minimum absolute atomic E-state index is 0.0309. The maximum absolute atomic E-state index is 13.2. The van der Waals surface area contributed by atoms with E-state index < -0.39 is 17.5 Å². The number of halogens is 5. The average molecular weight is 568 g/mol. The van der Waals surface area contributed by atoms with Gasteiger partial charge in [0, 0.05) is 51.1 Å². The quantitative estimate of drug-likeness (QED) is 0.435. The second-order valence-corrected chi connectivity index (χ2v) is 10.7. The van der Waals surface area contributed by atoms with Crippen LogP contribution in [0.2, 0.25) is 10.0 Å². The number of nitrogens with one attached hydrogen (secondary N) is 2. The molecule has 0 unspecified atom stereocenters. The van der Waals surface area contributed by atoms with Crippen molar-refractivity contribution in [2.75, 3.05) is 31.1 Å². The number of amides is 2. The molecule has 0 bridgehead atoms. The lowest BCUT2D eigenvalue weighted by atomic mass is 10.0. The number of nitrogens with zero attached hydrogens (tertiary/aromatic N) is 3. The number of carbonyl (C=O) groups excluding carboxylic acids is 2. The lowest BCUT2D eigenvalue weighted by Gasteiger charge is -2.36. The first-order valence-corrected chi connectivity index (χ1v) is 13.0. The van der Waals surface area contributed by atoms with Crippen molar-refractivity contribution in [2.45, 2.75) is 38.9 Å². The molecule has 2 fully saturated rings. The first-order valence-electron chi connectivity index (χ1n) is 12.3. The third-order valence-corrected chi connectivity index (χ3v) is 7.99. The largest absolute Gasteiger partial charge is 0.403 e. The van der Waals surface area contributed by atoms with Crippen molar-refractivity contribution >= 4 is 51.7 Å². The van der Waals surface area contributed by atoms with Crippen molar-refractivity contribution in [2.24, 2.45) is 5.41 Å². The standard InChI is InChI=1S/C26H26Cl2F3N5O2/c1-15(37)35-6-8-36(9-7-35)22-13-21-20(12-19(22)28)33-23(34-21)11-17-10-16(2-3-18(17)27)14-32-24(38)25(4-5-25)26(29,30)31/h2-3,10,12-13H,4-9,11,14H2,1H3,(H,32,38)(H,33,34). The van der Waals surface area contributed by atoms with Crippen LogP contribution in [-0.2, 0) is 22.6 Å². The van der Waals surface area contributed by atoms with Gasteiger partial charge in [-0.05, 0) is 42.2 Å². The molecule has 12 heteroatoms. The van der Waals surface area contributed by atoms with Crippen molar-refractivity contribution < 1.29 is 22.8 Å². The van der Waals surface area contributed by atoms with Gasteiger partial charge >= 0.3 is 6.18 Å². The Morgan fingerprint density at radius 2 is 1.79 bits per heavy atom. The van der Waals surface area contributed by atoms with Gasteiger partial charge in [-0.2, -0.15) is 13.2 Å². The van der Waals surface area contributed by atoms with Crippen LogP contribution in [0.5, 0.6) is 0 Å². The number of hydrogen-bond acceptors (Lipinski definition) is 4. The van der Waals surface area contributed by atoms with Crippen LogP contribution in [0.15, 0.2) is 30.3 Å². The molecule has 0 spiro atoms. The van der Waals surface area contributed by atoms with E-state index in [0.717, 1.165) is 22.3 Å². The van der Waals surface area contributed by atoms with Crippen LogP contribution in [0, 0.1) is 5.41 Å². The molecule has 3 aromatic rings. The topological polar surface area (TPSA) is 81.3 Å². The number of hydrogen-bond donors (Lipinski definition) is 2. The first-order chi connectivity index (χ1) is 18.0. The molecule has 202 valence electrons. The van der Waals surface area contributed by atoms with Crippen molar-refractivity contribution in [3.05, 3.63) is 57.3 Å². The average Bonchev–Trinajstić information content (AvgIpc) is 3.61. The van der Waals surface area contributed by atoms with Crippen molar-refractivity contribution in [3.63, 3.8) is 0 Å². The number of anilines is 1. The van der Waals surface area contributed by atoms with Gasteiger partial charge in [-0.1, -0.05) is 35.3 Å². The fraction of sp³-hybridized carbons (Fsp3) is 0.423. The fourth-order valence-electron chi connectivity index (χ4n) is 4.83. The van der Waals surface area contributed by atoms with E-state index >= 15 is 0 Å². The smallest absolute Gasteiger partial charge is 0.367 e. The van der Waals surface area contributed by atoms with Gasteiger partial charge in [0.25, 0.3) is 0 Å². The van der Waals surface area contributed by atoms with Crippen LogP contribution in [0.4, 0.5) is 18.9 Å². The summed E-state index contributed by atoms with van der Waals surface area (Å²) in [7, 11) is 0. The highest BCUT2D eigenvalue weighted by atomic mass is 35.5. The Hall–Kier alpha value is -2.98. The molecule has 1 saturated carbocycles. The molecular weight excluding hydrogens is 542 g/mol. The zero-order valence-corrected chi connectivity index (χ0v) is 22.1. The Morgan fingerprint density at radius 1 is 1.08 bits per heavy atom. The summed E-state index contributed by atoms with van der Waals surface area (Å²) in [6.07, 6.45) is -4.55. The van der Waals surface area contributed by atoms with Gasteiger partial charge in [0.05, 0.1) is 21.7 Å².